The van der Waals surface area contributed by atoms with Gasteiger partial charge in [0.15, 0.2) is 0 Å². The summed E-state index contributed by atoms with van der Waals surface area (Å²) in [5.41, 5.74) is 1.59. The van der Waals surface area contributed by atoms with Gasteiger partial charge in [0, 0.05) is 6.54 Å². The van der Waals surface area contributed by atoms with Gasteiger partial charge in [0.1, 0.15) is 0 Å². The van der Waals surface area contributed by atoms with Gasteiger partial charge < -0.3 is 5.32 Å². The molecule has 1 heteroatoms. The Morgan fingerprint density at radius 2 is 1.93 bits per heavy atom. The van der Waals surface area contributed by atoms with E-state index in [-0.39, 0.29) is 0 Å². The lowest BCUT2D eigenvalue weighted by Crippen LogP contribution is -2.14. The SMILES string of the molecule is CCC(=CC1CCC(C)CC1)CNC. The van der Waals surface area contributed by atoms with Crippen molar-refractivity contribution in [3.8, 4) is 0 Å². The van der Waals surface area contributed by atoms with Crippen molar-refractivity contribution in [2.45, 2.75) is 46.0 Å². The Morgan fingerprint density at radius 1 is 1.29 bits per heavy atom. The summed E-state index contributed by atoms with van der Waals surface area (Å²) in [4.78, 5) is 0. The Bertz CT molecular complexity index is 176. The first kappa shape index (κ1) is 11.8. The molecule has 0 spiro atoms. The molecule has 1 aliphatic rings. The van der Waals surface area contributed by atoms with E-state index in [1.54, 1.807) is 5.57 Å². The van der Waals surface area contributed by atoms with Crippen molar-refractivity contribution in [1.82, 2.24) is 5.32 Å². The average Bonchev–Trinajstić information content (AvgIpc) is 2.20. The van der Waals surface area contributed by atoms with Gasteiger partial charge in [-0.1, -0.05) is 38.3 Å². The second-order valence-electron chi connectivity index (χ2n) is 4.73. The smallest absolute Gasteiger partial charge is 0.0161 e. The first-order valence-corrected chi connectivity index (χ1v) is 6.10. The minimum atomic E-state index is 0.870. The van der Waals surface area contributed by atoms with Crippen LogP contribution < -0.4 is 5.32 Å². The van der Waals surface area contributed by atoms with Gasteiger partial charge >= 0.3 is 0 Å². The van der Waals surface area contributed by atoms with E-state index < -0.39 is 0 Å². The molecule has 1 fully saturated rings. The number of hydrogen-bond acceptors (Lipinski definition) is 1. The zero-order chi connectivity index (χ0) is 10.4. The third kappa shape index (κ3) is 3.83. The molecule has 0 unspecified atom stereocenters. The molecule has 1 N–H and O–H groups in total. The fourth-order valence-electron chi connectivity index (χ4n) is 2.31. The number of nitrogens with one attached hydrogen (secondary N) is 1. The quantitative estimate of drug-likeness (QED) is 0.678. The minimum Gasteiger partial charge on any atom is -0.316 e. The molecule has 0 atom stereocenters. The predicted octanol–water partition coefficient (Wildman–Crippen LogP) is 3.37. The Balaban J connectivity index is 2.40. The van der Waals surface area contributed by atoms with E-state index in [2.05, 4.69) is 25.2 Å². The third-order valence-corrected chi connectivity index (χ3v) is 3.39. The predicted molar refractivity (Wildman–Crippen MR) is 63.4 cm³/mol. The molecule has 0 radical (unpaired) electrons. The van der Waals surface area contributed by atoms with Crippen LogP contribution in [0.3, 0.4) is 0 Å². The van der Waals surface area contributed by atoms with E-state index >= 15 is 0 Å². The highest BCUT2D eigenvalue weighted by atomic mass is 14.8. The molecule has 1 aliphatic carbocycles. The van der Waals surface area contributed by atoms with Crippen LogP contribution in [0.4, 0.5) is 0 Å². The average molecular weight is 195 g/mol. The highest BCUT2D eigenvalue weighted by Crippen LogP contribution is 2.29. The van der Waals surface area contributed by atoms with Crippen molar-refractivity contribution in [1.29, 1.82) is 0 Å². The molecule has 0 saturated heterocycles. The van der Waals surface area contributed by atoms with Gasteiger partial charge in [0.2, 0.25) is 0 Å². The maximum absolute atomic E-state index is 3.25. The second kappa shape index (κ2) is 6.23. The summed E-state index contributed by atoms with van der Waals surface area (Å²) in [5, 5.41) is 3.25. The van der Waals surface area contributed by atoms with Crippen LogP contribution in [0.1, 0.15) is 46.0 Å². The first-order chi connectivity index (χ1) is 6.76. The van der Waals surface area contributed by atoms with Gasteiger partial charge in [0.05, 0.1) is 0 Å². The molecule has 14 heavy (non-hydrogen) atoms. The molecule has 0 aromatic rings. The van der Waals surface area contributed by atoms with E-state index in [1.165, 1.54) is 32.1 Å². The lowest BCUT2D eigenvalue weighted by Gasteiger charge is -2.24. The number of allylic oxidation sites excluding steroid dienone is 1. The van der Waals surface area contributed by atoms with Crippen molar-refractivity contribution in [2.24, 2.45) is 11.8 Å². The van der Waals surface area contributed by atoms with E-state index in [4.69, 9.17) is 0 Å². The highest BCUT2D eigenvalue weighted by Gasteiger charge is 2.16. The number of rotatable bonds is 4. The molecule has 0 bridgehead atoms. The molecule has 0 aliphatic heterocycles. The minimum absolute atomic E-state index is 0.870. The summed E-state index contributed by atoms with van der Waals surface area (Å²) in [6.45, 7) is 5.71. The summed E-state index contributed by atoms with van der Waals surface area (Å²) in [5.74, 6) is 1.84. The van der Waals surface area contributed by atoms with Crippen molar-refractivity contribution >= 4 is 0 Å². The van der Waals surface area contributed by atoms with Crippen molar-refractivity contribution < 1.29 is 0 Å². The van der Waals surface area contributed by atoms with E-state index in [0.717, 1.165) is 18.4 Å². The zero-order valence-corrected chi connectivity index (χ0v) is 9.97. The molecule has 1 rings (SSSR count). The van der Waals surface area contributed by atoms with E-state index in [9.17, 15) is 0 Å². The fraction of sp³-hybridized carbons (Fsp3) is 0.846. The Morgan fingerprint density at radius 3 is 2.43 bits per heavy atom. The Labute approximate surface area is 89.0 Å². The summed E-state index contributed by atoms with van der Waals surface area (Å²) in [7, 11) is 2.03. The van der Waals surface area contributed by atoms with Crippen LogP contribution in [-0.4, -0.2) is 13.6 Å². The van der Waals surface area contributed by atoms with Crippen LogP contribution in [0, 0.1) is 11.8 Å². The summed E-state index contributed by atoms with van der Waals surface area (Å²) >= 11 is 0. The van der Waals surface area contributed by atoms with Crippen molar-refractivity contribution in [3.63, 3.8) is 0 Å². The largest absolute Gasteiger partial charge is 0.316 e. The highest BCUT2D eigenvalue weighted by molar-refractivity contribution is 5.06. The fourth-order valence-corrected chi connectivity index (χ4v) is 2.31. The molecular weight excluding hydrogens is 170 g/mol. The molecule has 0 aromatic carbocycles. The second-order valence-corrected chi connectivity index (χ2v) is 4.73. The normalized spacial score (nSPS) is 29.2. The molecule has 1 saturated carbocycles. The summed E-state index contributed by atoms with van der Waals surface area (Å²) in [6.07, 6.45) is 9.41. The van der Waals surface area contributed by atoms with Gasteiger partial charge in [-0.2, -0.15) is 0 Å². The molecular formula is C13H25N. The van der Waals surface area contributed by atoms with Gasteiger partial charge in [-0.15, -0.1) is 0 Å². The Kier molecular flexibility index (Phi) is 5.24. The Hall–Kier alpha value is -0.300. The van der Waals surface area contributed by atoms with Gasteiger partial charge in [-0.3, -0.25) is 0 Å². The zero-order valence-electron chi connectivity index (χ0n) is 9.97. The van der Waals surface area contributed by atoms with Crippen LogP contribution in [0.25, 0.3) is 0 Å². The third-order valence-electron chi connectivity index (χ3n) is 3.39. The van der Waals surface area contributed by atoms with Crippen molar-refractivity contribution in [3.05, 3.63) is 11.6 Å². The van der Waals surface area contributed by atoms with Crippen LogP contribution in [0.5, 0.6) is 0 Å². The van der Waals surface area contributed by atoms with Gasteiger partial charge in [-0.05, 0) is 38.1 Å². The first-order valence-electron chi connectivity index (χ1n) is 6.10. The van der Waals surface area contributed by atoms with Crippen LogP contribution in [0.15, 0.2) is 11.6 Å². The maximum atomic E-state index is 3.25. The monoisotopic (exact) mass is 195 g/mol. The van der Waals surface area contributed by atoms with Crippen LogP contribution in [-0.2, 0) is 0 Å². The molecule has 1 nitrogen and oxygen atoms in total. The number of hydrogen-bond donors (Lipinski definition) is 1. The molecule has 0 aromatic heterocycles. The topological polar surface area (TPSA) is 12.0 Å². The lowest BCUT2D eigenvalue weighted by molar-refractivity contribution is 0.329. The van der Waals surface area contributed by atoms with Crippen LogP contribution in [0.2, 0.25) is 0 Å². The molecule has 0 heterocycles. The molecule has 82 valence electrons. The van der Waals surface area contributed by atoms with Crippen molar-refractivity contribution in [2.75, 3.05) is 13.6 Å². The van der Waals surface area contributed by atoms with E-state index in [1.807, 2.05) is 7.05 Å². The van der Waals surface area contributed by atoms with Gasteiger partial charge in [0.25, 0.3) is 0 Å². The van der Waals surface area contributed by atoms with Crippen LogP contribution >= 0.6 is 0 Å². The maximum Gasteiger partial charge on any atom is 0.0161 e. The standard InChI is InChI=1S/C13H25N/c1-4-12(10-14-3)9-13-7-5-11(2)6-8-13/h9,11,13-14H,4-8,10H2,1-3H3. The lowest BCUT2D eigenvalue weighted by atomic mass is 9.82. The number of likely N-dealkylation sites (N-methyl/N-ethyl adjacent to an activating group) is 1. The summed E-state index contributed by atoms with van der Waals surface area (Å²) in [6, 6.07) is 0. The summed E-state index contributed by atoms with van der Waals surface area (Å²) < 4.78 is 0. The molecule has 0 amide bonds. The van der Waals surface area contributed by atoms with E-state index in [0.29, 0.717) is 0 Å². The van der Waals surface area contributed by atoms with Gasteiger partial charge in [-0.25, -0.2) is 0 Å².